The predicted molar refractivity (Wildman–Crippen MR) is 76.4 cm³/mol. The van der Waals surface area contributed by atoms with Crippen molar-refractivity contribution in [1.82, 2.24) is 19.5 Å². The SMILES string of the molecule is CCNc1cc(C)nc(Cn2cc(Cl)c(=O)[nH]c2=O)n1. The van der Waals surface area contributed by atoms with Crippen molar-refractivity contribution in [3.63, 3.8) is 0 Å². The first kappa shape index (κ1) is 14.3. The van der Waals surface area contributed by atoms with Crippen molar-refractivity contribution in [1.29, 1.82) is 0 Å². The molecule has 2 rings (SSSR count). The van der Waals surface area contributed by atoms with Gasteiger partial charge in [0.25, 0.3) is 5.56 Å². The number of anilines is 1. The molecule has 0 bridgehead atoms. The summed E-state index contributed by atoms with van der Waals surface area (Å²) in [6.45, 7) is 4.67. The van der Waals surface area contributed by atoms with Gasteiger partial charge in [-0.05, 0) is 13.8 Å². The van der Waals surface area contributed by atoms with Crippen LogP contribution in [0.15, 0.2) is 21.9 Å². The Hall–Kier alpha value is -2.15. The number of H-pyrrole nitrogens is 1. The Kier molecular flexibility index (Phi) is 4.19. The highest BCUT2D eigenvalue weighted by molar-refractivity contribution is 6.30. The van der Waals surface area contributed by atoms with Gasteiger partial charge in [-0.25, -0.2) is 14.8 Å². The quantitative estimate of drug-likeness (QED) is 0.869. The van der Waals surface area contributed by atoms with Gasteiger partial charge in [-0.15, -0.1) is 0 Å². The van der Waals surface area contributed by atoms with E-state index in [0.29, 0.717) is 11.6 Å². The number of rotatable bonds is 4. The van der Waals surface area contributed by atoms with E-state index in [1.165, 1.54) is 10.8 Å². The molecule has 0 amide bonds. The number of nitrogens with one attached hydrogen (secondary N) is 2. The van der Waals surface area contributed by atoms with E-state index in [1.807, 2.05) is 19.9 Å². The van der Waals surface area contributed by atoms with Crippen molar-refractivity contribution < 1.29 is 0 Å². The van der Waals surface area contributed by atoms with E-state index in [0.717, 1.165) is 12.2 Å². The van der Waals surface area contributed by atoms with E-state index in [2.05, 4.69) is 20.3 Å². The zero-order valence-electron chi connectivity index (χ0n) is 11.1. The lowest BCUT2D eigenvalue weighted by atomic mass is 10.4. The minimum absolute atomic E-state index is 0.0517. The fourth-order valence-corrected chi connectivity index (χ4v) is 1.89. The Morgan fingerprint density at radius 1 is 1.40 bits per heavy atom. The summed E-state index contributed by atoms with van der Waals surface area (Å²) in [7, 11) is 0. The van der Waals surface area contributed by atoms with Crippen molar-refractivity contribution in [2.45, 2.75) is 20.4 Å². The molecule has 106 valence electrons. The van der Waals surface area contributed by atoms with Gasteiger partial charge in [0.15, 0.2) is 5.82 Å². The van der Waals surface area contributed by atoms with Crippen LogP contribution < -0.4 is 16.6 Å². The summed E-state index contributed by atoms with van der Waals surface area (Å²) in [6, 6.07) is 1.82. The summed E-state index contributed by atoms with van der Waals surface area (Å²) in [5, 5.41) is 3.04. The maximum absolute atomic E-state index is 11.7. The second-order valence-corrected chi connectivity index (χ2v) is 4.61. The summed E-state index contributed by atoms with van der Waals surface area (Å²) in [4.78, 5) is 33.5. The van der Waals surface area contributed by atoms with E-state index in [1.54, 1.807) is 0 Å². The Balaban J connectivity index is 2.37. The van der Waals surface area contributed by atoms with E-state index < -0.39 is 11.2 Å². The molecule has 0 spiro atoms. The van der Waals surface area contributed by atoms with Gasteiger partial charge in [-0.1, -0.05) is 11.6 Å². The molecule has 0 aliphatic rings. The van der Waals surface area contributed by atoms with Crippen LogP contribution in [0.2, 0.25) is 5.02 Å². The normalized spacial score (nSPS) is 10.6. The molecule has 0 saturated heterocycles. The standard InChI is InChI=1S/C12H14ClN5O2/c1-3-14-9-4-7(2)15-10(16-9)6-18-5-8(13)11(19)17-12(18)20/h4-5H,3,6H2,1-2H3,(H,14,15,16)(H,17,19,20). The van der Waals surface area contributed by atoms with Crippen molar-refractivity contribution in [3.8, 4) is 0 Å². The second-order valence-electron chi connectivity index (χ2n) is 4.21. The molecule has 0 aromatic carbocycles. The Morgan fingerprint density at radius 3 is 2.85 bits per heavy atom. The van der Waals surface area contributed by atoms with Crippen LogP contribution in [0.4, 0.5) is 5.82 Å². The van der Waals surface area contributed by atoms with Crippen molar-refractivity contribution in [2.24, 2.45) is 0 Å². The van der Waals surface area contributed by atoms with Crippen LogP contribution in [0.1, 0.15) is 18.4 Å². The maximum atomic E-state index is 11.7. The minimum atomic E-state index is -0.605. The molecule has 2 heterocycles. The lowest BCUT2D eigenvalue weighted by Crippen LogP contribution is -2.30. The van der Waals surface area contributed by atoms with Gasteiger partial charge < -0.3 is 5.32 Å². The average molecular weight is 296 g/mol. The Bertz CT molecular complexity index is 737. The van der Waals surface area contributed by atoms with E-state index in [-0.39, 0.29) is 11.6 Å². The van der Waals surface area contributed by atoms with Gasteiger partial charge in [0, 0.05) is 24.5 Å². The van der Waals surface area contributed by atoms with Gasteiger partial charge >= 0.3 is 5.69 Å². The molecular formula is C12H14ClN5O2. The van der Waals surface area contributed by atoms with Crippen molar-refractivity contribution >= 4 is 17.4 Å². The highest BCUT2D eigenvalue weighted by Crippen LogP contribution is 2.07. The predicted octanol–water partition coefficient (Wildman–Crippen LogP) is 0.769. The molecule has 0 saturated carbocycles. The number of hydrogen-bond acceptors (Lipinski definition) is 5. The van der Waals surface area contributed by atoms with Crippen LogP contribution >= 0.6 is 11.6 Å². The highest BCUT2D eigenvalue weighted by atomic mass is 35.5. The highest BCUT2D eigenvalue weighted by Gasteiger charge is 2.07. The average Bonchev–Trinajstić information content (AvgIpc) is 2.35. The molecule has 0 aliphatic carbocycles. The summed E-state index contributed by atoms with van der Waals surface area (Å²) in [6.07, 6.45) is 1.28. The molecule has 0 aliphatic heterocycles. The number of aromatic nitrogens is 4. The molecule has 0 fully saturated rings. The fourth-order valence-electron chi connectivity index (χ4n) is 1.72. The molecule has 7 nitrogen and oxygen atoms in total. The summed E-state index contributed by atoms with van der Waals surface area (Å²) >= 11 is 5.71. The summed E-state index contributed by atoms with van der Waals surface area (Å²) in [5.74, 6) is 1.16. The number of nitrogens with zero attached hydrogens (tertiary/aromatic N) is 3. The van der Waals surface area contributed by atoms with Crippen molar-refractivity contribution in [3.05, 3.63) is 49.6 Å². The van der Waals surface area contributed by atoms with Crippen LogP contribution in [-0.4, -0.2) is 26.1 Å². The zero-order valence-corrected chi connectivity index (χ0v) is 11.9. The van der Waals surface area contributed by atoms with Crippen LogP contribution in [0, 0.1) is 6.92 Å². The first-order valence-corrected chi connectivity index (χ1v) is 6.45. The minimum Gasteiger partial charge on any atom is -0.370 e. The number of hydrogen-bond donors (Lipinski definition) is 2. The molecule has 20 heavy (non-hydrogen) atoms. The molecule has 0 radical (unpaired) electrons. The Morgan fingerprint density at radius 2 is 2.15 bits per heavy atom. The molecule has 0 atom stereocenters. The summed E-state index contributed by atoms with van der Waals surface area (Å²) < 4.78 is 1.26. The largest absolute Gasteiger partial charge is 0.370 e. The van der Waals surface area contributed by atoms with Crippen LogP contribution in [0.3, 0.4) is 0 Å². The molecule has 0 unspecified atom stereocenters. The van der Waals surface area contributed by atoms with E-state index >= 15 is 0 Å². The second kappa shape index (κ2) is 5.87. The third kappa shape index (κ3) is 3.24. The van der Waals surface area contributed by atoms with Crippen LogP contribution in [-0.2, 0) is 6.54 Å². The fraction of sp³-hybridized carbons (Fsp3) is 0.333. The van der Waals surface area contributed by atoms with E-state index in [4.69, 9.17) is 11.6 Å². The third-order valence-corrected chi connectivity index (χ3v) is 2.81. The van der Waals surface area contributed by atoms with Crippen LogP contribution in [0.25, 0.3) is 0 Å². The van der Waals surface area contributed by atoms with Gasteiger partial charge in [-0.2, -0.15) is 0 Å². The van der Waals surface area contributed by atoms with Gasteiger partial charge in [0.05, 0.1) is 6.54 Å². The van der Waals surface area contributed by atoms with Gasteiger partial charge in [0.2, 0.25) is 0 Å². The topological polar surface area (TPSA) is 92.7 Å². The molecular weight excluding hydrogens is 282 g/mol. The number of aryl methyl sites for hydroxylation is 1. The van der Waals surface area contributed by atoms with Crippen LogP contribution in [0.5, 0.6) is 0 Å². The van der Waals surface area contributed by atoms with E-state index in [9.17, 15) is 9.59 Å². The Labute approximate surface area is 119 Å². The first-order valence-electron chi connectivity index (χ1n) is 6.07. The smallest absolute Gasteiger partial charge is 0.328 e. The number of aromatic amines is 1. The zero-order chi connectivity index (χ0) is 14.7. The molecule has 2 N–H and O–H groups in total. The first-order chi connectivity index (χ1) is 9.49. The van der Waals surface area contributed by atoms with Gasteiger partial charge in [0.1, 0.15) is 10.8 Å². The molecule has 2 aromatic rings. The van der Waals surface area contributed by atoms with Crippen molar-refractivity contribution in [2.75, 3.05) is 11.9 Å². The lowest BCUT2D eigenvalue weighted by molar-refractivity contribution is 0.683. The lowest BCUT2D eigenvalue weighted by Gasteiger charge is -2.08. The molecule has 2 aromatic heterocycles. The third-order valence-electron chi connectivity index (χ3n) is 2.54. The van der Waals surface area contributed by atoms with Gasteiger partial charge in [-0.3, -0.25) is 14.3 Å². The number of halogens is 1. The monoisotopic (exact) mass is 295 g/mol. The summed E-state index contributed by atoms with van der Waals surface area (Å²) in [5.41, 5.74) is -0.365. The maximum Gasteiger partial charge on any atom is 0.328 e. The molecule has 8 heteroatoms.